The molecular formula is C20H27IN6S. The van der Waals surface area contributed by atoms with Gasteiger partial charge < -0.3 is 10.2 Å². The fourth-order valence-electron chi connectivity index (χ4n) is 2.87. The van der Waals surface area contributed by atoms with Gasteiger partial charge in [-0.1, -0.05) is 18.2 Å². The molecule has 1 N–H and O–H groups in total. The minimum Gasteiger partial charge on any atom is -0.357 e. The second-order valence-electron chi connectivity index (χ2n) is 6.23. The summed E-state index contributed by atoms with van der Waals surface area (Å²) in [7, 11) is 2.07. The monoisotopic (exact) mass is 510 g/mol. The number of thioether (sulfide) groups is 1. The molecule has 0 bridgehead atoms. The van der Waals surface area contributed by atoms with Crippen molar-refractivity contribution in [2.45, 2.75) is 24.8 Å². The summed E-state index contributed by atoms with van der Waals surface area (Å²) in [6.45, 7) is 4.40. The molecule has 3 aromatic rings. The summed E-state index contributed by atoms with van der Waals surface area (Å²) in [5.41, 5.74) is 2.14. The summed E-state index contributed by atoms with van der Waals surface area (Å²) >= 11 is 1.76. The van der Waals surface area contributed by atoms with Crippen LogP contribution in [0.25, 0.3) is 5.65 Å². The van der Waals surface area contributed by atoms with Gasteiger partial charge in [0, 0.05) is 44.2 Å². The molecule has 0 amide bonds. The molecule has 0 unspecified atom stereocenters. The molecule has 2 aromatic heterocycles. The fraction of sp³-hybridized carbons (Fsp3) is 0.350. The van der Waals surface area contributed by atoms with E-state index in [1.165, 1.54) is 10.5 Å². The van der Waals surface area contributed by atoms with E-state index >= 15 is 0 Å². The standard InChI is InChI=1S/C20H26N6S.HI/c1-4-21-20(25(2)15-16-8-10-17(27-3)11-9-16)22-13-12-19-24-23-18-7-5-6-14-26(18)19;/h5-11,14H,4,12-13,15H2,1-3H3,(H,21,22);1H. The Hall–Kier alpha value is -1.81. The maximum atomic E-state index is 4.77. The molecule has 1 aromatic carbocycles. The van der Waals surface area contributed by atoms with Crippen LogP contribution in [0.2, 0.25) is 0 Å². The van der Waals surface area contributed by atoms with E-state index in [0.29, 0.717) is 6.54 Å². The summed E-state index contributed by atoms with van der Waals surface area (Å²) in [5.74, 6) is 1.83. The van der Waals surface area contributed by atoms with E-state index in [2.05, 4.69) is 64.9 Å². The van der Waals surface area contributed by atoms with Crippen LogP contribution in [0, 0.1) is 0 Å². The molecule has 0 fully saturated rings. The number of guanidine groups is 1. The first-order valence-corrected chi connectivity index (χ1v) is 10.3. The van der Waals surface area contributed by atoms with Crippen LogP contribution in [0.3, 0.4) is 0 Å². The minimum absolute atomic E-state index is 0. The summed E-state index contributed by atoms with van der Waals surface area (Å²) in [6.07, 6.45) is 4.83. The lowest BCUT2D eigenvalue weighted by atomic mass is 10.2. The average Bonchev–Trinajstić information content (AvgIpc) is 3.11. The maximum Gasteiger partial charge on any atom is 0.193 e. The van der Waals surface area contributed by atoms with Gasteiger partial charge in [0.1, 0.15) is 5.82 Å². The van der Waals surface area contributed by atoms with E-state index in [-0.39, 0.29) is 24.0 Å². The van der Waals surface area contributed by atoms with Gasteiger partial charge in [-0.05, 0) is 43.0 Å². The van der Waals surface area contributed by atoms with Crippen LogP contribution in [0.4, 0.5) is 0 Å². The number of pyridine rings is 1. The lowest BCUT2D eigenvalue weighted by molar-refractivity contribution is 0.476. The van der Waals surface area contributed by atoms with Crippen LogP contribution in [-0.2, 0) is 13.0 Å². The number of aromatic nitrogens is 3. The van der Waals surface area contributed by atoms with Crippen LogP contribution in [0.5, 0.6) is 0 Å². The Balaban J connectivity index is 0.00000280. The number of nitrogens with zero attached hydrogens (tertiary/aromatic N) is 5. The highest BCUT2D eigenvalue weighted by molar-refractivity contribution is 14.0. The first kappa shape index (κ1) is 22.5. The summed E-state index contributed by atoms with van der Waals surface area (Å²) in [6, 6.07) is 14.6. The molecule has 3 rings (SSSR count). The van der Waals surface area contributed by atoms with Crippen LogP contribution < -0.4 is 5.32 Å². The highest BCUT2D eigenvalue weighted by Gasteiger charge is 2.08. The molecule has 2 heterocycles. The molecule has 0 atom stereocenters. The molecule has 6 nitrogen and oxygen atoms in total. The van der Waals surface area contributed by atoms with Crippen LogP contribution in [-0.4, -0.2) is 51.9 Å². The third-order valence-electron chi connectivity index (χ3n) is 4.26. The average molecular weight is 510 g/mol. The number of aliphatic imine (C=N–C) groups is 1. The minimum atomic E-state index is 0. The van der Waals surface area contributed by atoms with Crippen molar-refractivity contribution in [2.75, 3.05) is 26.4 Å². The Morgan fingerprint density at radius 1 is 1.18 bits per heavy atom. The second kappa shape index (κ2) is 11.3. The molecule has 0 aliphatic heterocycles. The van der Waals surface area contributed by atoms with Crippen molar-refractivity contribution in [3.8, 4) is 0 Å². The van der Waals surface area contributed by atoms with Gasteiger partial charge in [-0.25, -0.2) is 0 Å². The normalized spacial score (nSPS) is 11.3. The van der Waals surface area contributed by atoms with Crippen molar-refractivity contribution in [1.82, 2.24) is 24.8 Å². The predicted octanol–water partition coefficient (Wildman–Crippen LogP) is 3.71. The molecule has 150 valence electrons. The predicted molar refractivity (Wildman–Crippen MR) is 128 cm³/mol. The van der Waals surface area contributed by atoms with E-state index in [0.717, 1.165) is 36.9 Å². The number of hydrogen-bond donors (Lipinski definition) is 1. The van der Waals surface area contributed by atoms with E-state index in [4.69, 9.17) is 4.99 Å². The smallest absolute Gasteiger partial charge is 0.193 e. The number of nitrogens with one attached hydrogen (secondary N) is 1. The Bertz CT molecular complexity index is 893. The Kier molecular flexibility index (Phi) is 9.04. The zero-order valence-corrected chi connectivity index (χ0v) is 19.6. The van der Waals surface area contributed by atoms with Gasteiger partial charge in [-0.2, -0.15) is 0 Å². The maximum absolute atomic E-state index is 4.77. The fourth-order valence-corrected chi connectivity index (χ4v) is 3.28. The molecule has 0 aliphatic carbocycles. The number of hydrogen-bond acceptors (Lipinski definition) is 4. The van der Waals surface area contributed by atoms with Gasteiger partial charge in [0.05, 0.1) is 0 Å². The van der Waals surface area contributed by atoms with Crippen molar-refractivity contribution in [1.29, 1.82) is 0 Å². The van der Waals surface area contributed by atoms with Gasteiger partial charge in [-0.15, -0.1) is 45.9 Å². The summed E-state index contributed by atoms with van der Waals surface area (Å²) in [4.78, 5) is 8.20. The number of halogens is 1. The lowest BCUT2D eigenvalue weighted by Gasteiger charge is -2.22. The van der Waals surface area contributed by atoms with E-state index in [9.17, 15) is 0 Å². The van der Waals surface area contributed by atoms with Crippen molar-refractivity contribution in [3.05, 3.63) is 60.0 Å². The first-order chi connectivity index (χ1) is 13.2. The molecule has 0 saturated carbocycles. The van der Waals surface area contributed by atoms with Crippen molar-refractivity contribution >= 4 is 47.3 Å². The van der Waals surface area contributed by atoms with Crippen LogP contribution >= 0.6 is 35.7 Å². The van der Waals surface area contributed by atoms with Crippen molar-refractivity contribution < 1.29 is 0 Å². The Morgan fingerprint density at radius 2 is 1.96 bits per heavy atom. The third-order valence-corrected chi connectivity index (χ3v) is 5.00. The van der Waals surface area contributed by atoms with Gasteiger partial charge in [0.25, 0.3) is 0 Å². The van der Waals surface area contributed by atoms with Gasteiger partial charge in [-0.3, -0.25) is 9.39 Å². The van der Waals surface area contributed by atoms with Crippen LogP contribution in [0.1, 0.15) is 18.3 Å². The highest BCUT2D eigenvalue weighted by Crippen LogP contribution is 2.15. The summed E-state index contributed by atoms with van der Waals surface area (Å²) < 4.78 is 2.01. The molecule has 0 saturated heterocycles. The summed E-state index contributed by atoms with van der Waals surface area (Å²) in [5, 5.41) is 11.8. The molecule has 28 heavy (non-hydrogen) atoms. The van der Waals surface area contributed by atoms with E-state index < -0.39 is 0 Å². The van der Waals surface area contributed by atoms with E-state index in [1.54, 1.807) is 11.8 Å². The Labute approximate surface area is 187 Å². The quantitative estimate of drug-likeness (QED) is 0.227. The molecule has 0 aliphatic rings. The first-order valence-electron chi connectivity index (χ1n) is 9.12. The zero-order valence-electron chi connectivity index (χ0n) is 16.5. The topological polar surface area (TPSA) is 57.8 Å². The SMILES string of the molecule is CCNC(=NCCc1nnc2ccccn12)N(C)Cc1ccc(SC)cc1.I. The molecule has 8 heteroatoms. The van der Waals surface area contributed by atoms with Gasteiger partial charge in [0.2, 0.25) is 0 Å². The van der Waals surface area contributed by atoms with E-state index in [1.807, 2.05) is 28.8 Å². The Morgan fingerprint density at radius 3 is 2.68 bits per heavy atom. The zero-order chi connectivity index (χ0) is 19.1. The number of fused-ring (bicyclic) bond motifs is 1. The van der Waals surface area contributed by atoms with Crippen molar-refractivity contribution in [2.24, 2.45) is 4.99 Å². The molecule has 0 spiro atoms. The van der Waals surface area contributed by atoms with Gasteiger partial charge in [0.15, 0.2) is 11.6 Å². The highest BCUT2D eigenvalue weighted by atomic mass is 127. The largest absolute Gasteiger partial charge is 0.357 e. The number of rotatable bonds is 7. The third kappa shape index (κ3) is 5.84. The lowest BCUT2D eigenvalue weighted by Crippen LogP contribution is -2.38. The number of benzene rings is 1. The van der Waals surface area contributed by atoms with Crippen LogP contribution in [0.15, 0.2) is 58.5 Å². The molecule has 0 radical (unpaired) electrons. The van der Waals surface area contributed by atoms with Crippen molar-refractivity contribution in [3.63, 3.8) is 0 Å². The van der Waals surface area contributed by atoms with Gasteiger partial charge >= 0.3 is 0 Å². The molecular weight excluding hydrogens is 483 g/mol. The second-order valence-corrected chi connectivity index (χ2v) is 7.11.